The van der Waals surface area contributed by atoms with Crippen molar-refractivity contribution >= 4 is 11.8 Å². The predicted molar refractivity (Wildman–Crippen MR) is 81.3 cm³/mol. The molecule has 3 heterocycles. The van der Waals surface area contributed by atoms with Crippen molar-refractivity contribution < 1.29 is 14.3 Å². The summed E-state index contributed by atoms with van der Waals surface area (Å²) in [5.74, 6) is 0.864. The Bertz CT molecular complexity index is 566. The summed E-state index contributed by atoms with van der Waals surface area (Å²) in [6.45, 7) is 4.70. The normalized spacial score (nSPS) is 22.9. The second-order valence-electron chi connectivity index (χ2n) is 5.85. The molecule has 1 saturated heterocycles. The molecule has 0 radical (unpaired) electrons. The maximum absolute atomic E-state index is 11.7. The van der Waals surface area contributed by atoms with E-state index in [-0.39, 0.29) is 5.82 Å². The number of fused-ring (bicyclic) bond motifs is 1. The molecule has 2 atom stereocenters. The van der Waals surface area contributed by atoms with E-state index in [2.05, 4.69) is 33.7 Å². The van der Waals surface area contributed by atoms with Gasteiger partial charge in [0.2, 0.25) is 5.82 Å². The molecule has 7 nitrogen and oxygen atoms in total. The summed E-state index contributed by atoms with van der Waals surface area (Å²) in [5, 5.41) is 0. The number of likely N-dealkylation sites (N-methyl/N-ethyl adjacent to an activating group) is 1. The largest absolute Gasteiger partial charge is 0.486 e. The number of hydrogen-bond donors (Lipinski definition) is 0. The Morgan fingerprint density at radius 1 is 1.50 bits per heavy atom. The number of rotatable bonds is 3. The van der Waals surface area contributed by atoms with Gasteiger partial charge in [-0.3, -0.25) is 0 Å². The average Bonchev–Trinajstić information content (AvgIpc) is 2.98. The minimum Gasteiger partial charge on any atom is -0.486 e. The fraction of sp³-hybridized carbons (Fsp3) is 0.667. The first-order valence-electron chi connectivity index (χ1n) is 7.67. The molecule has 2 aliphatic heterocycles. The van der Waals surface area contributed by atoms with E-state index in [1.165, 1.54) is 20.0 Å². The van der Waals surface area contributed by atoms with Gasteiger partial charge in [0, 0.05) is 12.1 Å². The molecule has 7 heteroatoms. The van der Waals surface area contributed by atoms with Gasteiger partial charge in [0.05, 0.1) is 19.9 Å². The van der Waals surface area contributed by atoms with Crippen LogP contribution in [0.25, 0.3) is 0 Å². The fourth-order valence-corrected chi connectivity index (χ4v) is 3.37. The van der Waals surface area contributed by atoms with Gasteiger partial charge in [-0.05, 0) is 33.4 Å². The first-order chi connectivity index (χ1) is 10.6. The molecule has 0 spiro atoms. The topological polar surface area (TPSA) is 67.8 Å². The first kappa shape index (κ1) is 15.0. The van der Waals surface area contributed by atoms with Crippen LogP contribution in [0.2, 0.25) is 0 Å². The second-order valence-corrected chi connectivity index (χ2v) is 5.85. The Hall–Kier alpha value is -1.89. The quantitative estimate of drug-likeness (QED) is 0.770. The van der Waals surface area contributed by atoms with Crippen LogP contribution in [0, 0.1) is 0 Å². The van der Waals surface area contributed by atoms with Crippen molar-refractivity contribution in [1.29, 1.82) is 0 Å². The van der Waals surface area contributed by atoms with E-state index in [9.17, 15) is 4.79 Å². The smallest absolute Gasteiger partial charge is 0.376 e. The number of carbonyl (C=O) groups excluding carboxylic acids is 1. The second kappa shape index (κ2) is 6.08. The first-order valence-corrected chi connectivity index (χ1v) is 7.67. The van der Waals surface area contributed by atoms with E-state index in [1.54, 1.807) is 6.20 Å². The summed E-state index contributed by atoms with van der Waals surface area (Å²) >= 11 is 0. The molecule has 1 aromatic heterocycles. The molecule has 0 aliphatic carbocycles. The van der Waals surface area contributed by atoms with Crippen LogP contribution >= 0.6 is 0 Å². The third-order valence-electron chi connectivity index (χ3n) is 4.59. The van der Waals surface area contributed by atoms with Crippen LogP contribution in [-0.2, 0) is 4.74 Å². The molecular weight excluding hydrogens is 284 g/mol. The standard InChI is InChI=1S/C15H22N4O3/c1-10(11-5-4-6-18(11)2)19-7-8-22-12-9-16-13(15(20)21-3)17-14(12)19/h9-11H,4-8H2,1-3H3/t10-,11-/m0/s1. The number of nitrogens with zero attached hydrogens (tertiary/aromatic N) is 4. The Kier molecular flexibility index (Phi) is 4.15. The molecule has 2 aliphatic rings. The molecule has 0 aromatic carbocycles. The third kappa shape index (κ3) is 2.61. The van der Waals surface area contributed by atoms with Gasteiger partial charge in [0.1, 0.15) is 6.61 Å². The summed E-state index contributed by atoms with van der Waals surface area (Å²) < 4.78 is 10.3. The van der Waals surface area contributed by atoms with E-state index in [0.29, 0.717) is 30.3 Å². The van der Waals surface area contributed by atoms with Gasteiger partial charge in [-0.15, -0.1) is 0 Å². The molecule has 0 saturated carbocycles. The zero-order chi connectivity index (χ0) is 15.7. The highest BCUT2D eigenvalue weighted by atomic mass is 16.5. The minimum absolute atomic E-state index is 0.0729. The monoisotopic (exact) mass is 306 g/mol. The average molecular weight is 306 g/mol. The fourth-order valence-electron chi connectivity index (χ4n) is 3.37. The maximum atomic E-state index is 11.7. The number of esters is 1. The highest BCUT2D eigenvalue weighted by Crippen LogP contribution is 2.33. The third-order valence-corrected chi connectivity index (χ3v) is 4.59. The van der Waals surface area contributed by atoms with Crippen LogP contribution in [0.1, 0.15) is 30.4 Å². The van der Waals surface area contributed by atoms with E-state index in [4.69, 9.17) is 9.47 Å². The molecule has 1 aromatic rings. The van der Waals surface area contributed by atoms with Crippen molar-refractivity contribution in [2.24, 2.45) is 0 Å². The van der Waals surface area contributed by atoms with Crippen LogP contribution in [0.3, 0.4) is 0 Å². The van der Waals surface area contributed by atoms with Crippen molar-refractivity contribution in [2.45, 2.75) is 31.8 Å². The van der Waals surface area contributed by atoms with Gasteiger partial charge >= 0.3 is 5.97 Å². The van der Waals surface area contributed by atoms with Gasteiger partial charge in [0.25, 0.3) is 0 Å². The number of likely N-dealkylation sites (tertiary alicyclic amines) is 1. The number of anilines is 1. The predicted octanol–water partition coefficient (Wildman–Crippen LogP) is 0.945. The lowest BCUT2D eigenvalue weighted by Crippen LogP contribution is -2.49. The van der Waals surface area contributed by atoms with Crippen molar-refractivity contribution in [3.8, 4) is 5.75 Å². The molecule has 0 N–H and O–H groups in total. The number of ether oxygens (including phenoxy) is 2. The Morgan fingerprint density at radius 3 is 3.00 bits per heavy atom. The van der Waals surface area contributed by atoms with Gasteiger partial charge in [-0.2, -0.15) is 0 Å². The Labute approximate surface area is 130 Å². The van der Waals surface area contributed by atoms with Gasteiger partial charge < -0.3 is 19.3 Å². The molecule has 120 valence electrons. The van der Waals surface area contributed by atoms with Crippen molar-refractivity contribution in [2.75, 3.05) is 38.8 Å². The van der Waals surface area contributed by atoms with Crippen LogP contribution in [0.15, 0.2) is 6.20 Å². The minimum atomic E-state index is -0.529. The summed E-state index contributed by atoms with van der Waals surface area (Å²) in [4.78, 5) is 24.7. The van der Waals surface area contributed by atoms with Crippen LogP contribution in [0.5, 0.6) is 5.75 Å². The van der Waals surface area contributed by atoms with Crippen LogP contribution < -0.4 is 9.64 Å². The lowest BCUT2D eigenvalue weighted by Gasteiger charge is -2.39. The molecular formula is C15H22N4O3. The zero-order valence-electron chi connectivity index (χ0n) is 13.3. The molecule has 0 unspecified atom stereocenters. The highest BCUT2D eigenvalue weighted by molar-refractivity contribution is 5.85. The molecule has 0 bridgehead atoms. The van der Waals surface area contributed by atoms with Crippen LogP contribution in [-0.4, -0.2) is 66.8 Å². The summed E-state index contributed by atoms with van der Waals surface area (Å²) in [6.07, 6.45) is 3.96. The van der Waals surface area contributed by atoms with Crippen molar-refractivity contribution in [3.05, 3.63) is 12.0 Å². The van der Waals surface area contributed by atoms with E-state index >= 15 is 0 Å². The van der Waals surface area contributed by atoms with Gasteiger partial charge in [0.15, 0.2) is 11.6 Å². The molecule has 0 amide bonds. The summed E-state index contributed by atoms with van der Waals surface area (Å²) in [7, 11) is 3.49. The zero-order valence-corrected chi connectivity index (χ0v) is 13.3. The summed E-state index contributed by atoms with van der Waals surface area (Å²) in [5.41, 5.74) is 0. The summed E-state index contributed by atoms with van der Waals surface area (Å²) in [6, 6.07) is 0.790. The SMILES string of the molecule is COC(=O)c1ncc2c(n1)N([C@@H](C)[C@@H]1CCCN1C)CCO2. The highest BCUT2D eigenvalue weighted by Gasteiger charge is 2.34. The maximum Gasteiger partial charge on any atom is 0.376 e. The molecule has 1 fully saturated rings. The number of aromatic nitrogens is 2. The Morgan fingerprint density at radius 2 is 2.32 bits per heavy atom. The molecule has 3 rings (SSSR count). The van der Waals surface area contributed by atoms with Crippen LogP contribution in [0.4, 0.5) is 5.82 Å². The lowest BCUT2D eigenvalue weighted by molar-refractivity contribution is 0.0586. The molecule has 22 heavy (non-hydrogen) atoms. The van der Waals surface area contributed by atoms with Gasteiger partial charge in [-0.25, -0.2) is 14.8 Å². The van der Waals surface area contributed by atoms with Gasteiger partial charge in [-0.1, -0.05) is 0 Å². The lowest BCUT2D eigenvalue weighted by atomic mass is 10.1. The van der Waals surface area contributed by atoms with E-state index < -0.39 is 5.97 Å². The number of methoxy groups -OCH3 is 1. The van der Waals surface area contributed by atoms with E-state index in [0.717, 1.165) is 13.1 Å². The van der Waals surface area contributed by atoms with Crippen molar-refractivity contribution in [1.82, 2.24) is 14.9 Å². The number of hydrogen-bond acceptors (Lipinski definition) is 7. The van der Waals surface area contributed by atoms with Crippen molar-refractivity contribution in [3.63, 3.8) is 0 Å². The Balaban J connectivity index is 1.90. The van der Waals surface area contributed by atoms with E-state index in [1.807, 2.05) is 0 Å². The number of carbonyl (C=O) groups is 1.